The van der Waals surface area contributed by atoms with E-state index in [1.54, 1.807) is 0 Å². The molecule has 0 aliphatic heterocycles. The SMILES string of the molecule is CCCc1ccccc1-c1ccc(CNCC)o1. The van der Waals surface area contributed by atoms with Gasteiger partial charge in [0.05, 0.1) is 6.54 Å². The number of hydrogen-bond acceptors (Lipinski definition) is 2. The van der Waals surface area contributed by atoms with Crippen molar-refractivity contribution >= 4 is 0 Å². The van der Waals surface area contributed by atoms with E-state index >= 15 is 0 Å². The molecule has 0 unspecified atom stereocenters. The first-order valence-electron chi connectivity index (χ1n) is 6.72. The summed E-state index contributed by atoms with van der Waals surface area (Å²) >= 11 is 0. The summed E-state index contributed by atoms with van der Waals surface area (Å²) < 4.78 is 5.90. The van der Waals surface area contributed by atoms with Crippen molar-refractivity contribution in [1.82, 2.24) is 5.32 Å². The molecule has 0 aliphatic carbocycles. The summed E-state index contributed by atoms with van der Waals surface area (Å²) in [6.45, 7) is 6.06. The van der Waals surface area contributed by atoms with Crippen molar-refractivity contribution in [1.29, 1.82) is 0 Å². The lowest BCUT2D eigenvalue weighted by molar-refractivity contribution is 0.498. The van der Waals surface area contributed by atoms with E-state index < -0.39 is 0 Å². The Bertz CT molecular complexity index is 487. The first kappa shape index (κ1) is 12.9. The molecule has 0 atom stereocenters. The van der Waals surface area contributed by atoms with Gasteiger partial charge in [-0.15, -0.1) is 0 Å². The molecule has 1 aromatic heterocycles. The Morgan fingerprint density at radius 1 is 1.06 bits per heavy atom. The molecule has 0 saturated carbocycles. The van der Waals surface area contributed by atoms with Crippen LogP contribution in [0, 0.1) is 0 Å². The molecule has 18 heavy (non-hydrogen) atoms. The first-order chi connectivity index (χ1) is 8.85. The summed E-state index contributed by atoms with van der Waals surface area (Å²) in [7, 11) is 0. The standard InChI is InChI=1S/C16H21NO/c1-3-7-13-8-5-6-9-15(13)16-11-10-14(18-16)12-17-4-2/h5-6,8-11,17H,3-4,7,12H2,1-2H3. The highest BCUT2D eigenvalue weighted by atomic mass is 16.3. The third kappa shape index (κ3) is 3.02. The highest BCUT2D eigenvalue weighted by molar-refractivity contribution is 5.62. The first-order valence-corrected chi connectivity index (χ1v) is 6.72. The van der Waals surface area contributed by atoms with Crippen LogP contribution in [0.1, 0.15) is 31.6 Å². The van der Waals surface area contributed by atoms with E-state index in [0.717, 1.165) is 37.5 Å². The minimum Gasteiger partial charge on any atom is -0.460 e. The normalized spacial score (nSPS) is 10.8. The van der Waals surface area contributed by atoms with Crippen molar-refractivity contribution in [2.24, 2.45) is 0 Å². The minimum absolute atomic E-state index is 0.798. The highest BCUT2D eigenvalue weighted by Gasteiger charge is 2.08. The van der Waals surface area contributed by atoms with Crippen LogP contribution in [0.15, 0.2) is 40.8 Å². The Labute approximate surface area is 109 Å². The summed E-state index contributed by atoms with van der Waals surface area (Å²) in [4.78, 5) is 0. The van der Waals surface area contributed by atoms with Crippen LogP contribution in [0.5, 0.6) is 0 Å². The van der Waals surface area contributed by atoms with E-state index in [1.807, 2.05) is 0 Å². The molecule has 1 N–H and O–H groups in total. The zero-order valence-corrected chi connectivity index (χ0v) is 11.2. The van der Waals surface area contributed by atoms with Crippen LogP contribution >= 0.6 is 0 Å². The van der Waals surface area contributed by atoms with Gasteiger partial charge in [0.25, 0.3) is 0 Å². The van der Waals surface area contributed by atoms with Crippen LogP contribution in [-0.4, -0.2) is 6.54 Å². The fraction of sp³-hybridized carbons (Fsp3) is 0.375. The average molecular weight is 243 g/mol. The van der Waals surface area contributed by atoms with Gasteiger partial charge in [0.2, 0.25) is 0 Å². The van der Waals surface area contributed by atoms with Crippen molar-refractivity contribution < 1.29 is 4.42 Å². The van der Waals surface area contributed by atoms with Gasteiger partial charge in [-0.2, -0.15) is 0 Å². The zero-order valence-electron chi connectivity index (χ0n) is 11.2. The lowest BCUT2D eigenvalue weighted by Crippen LogP contribution is -2.10. The van der Waals surface area contributed by atoms with E-state index in [4.69, 9.17) is 4.42 Å². The van der Waals surface area contributed by atoms with Crippen LogP contribution in [0.4, 0.5) is 0 Å². The predicted molar refractivity (Wildman–Crippen MR) is 75.5 cm³/mol. The summed E-state index contributed by atoms with van der Waals surface area (Å²) in [5.41, 5.74) is 2.59. The van der Waals surface area contributed by atoms with Gasteiger partial charge in [-0.25, -0.2) is 0 Å². The van der Waals surface area contributed by atoms with E-state index in [-0.39, 0.29) is 0 Å². The second-order valence-electron chi connectivity index (χ2n) is 4.45. The topological polar surface area (TPSA) is 25.2 Å². The fourth-order valence-electron chi connectivity index (χ4n) is 2.11. The third-order valence-electron chi connectivity index (χ3n) is 3.01. The van der Waals surface area contributed by atoms with Crippen molar-refractivity contribution in [2.75, 3.05) is 6.54 Å². The lowest BCUT2D eigenvalue weighted by atomic mass is 10.0. The van der Waals surface area contributed by atoms with Crippen molar-refractivity contribution in [3.05, 3.63) is 47.7 Å². The third-order valence-corrected chi connectivity index (χ3v) is 3.01. The van der Waals surface area contributed by atoms with Gasteiger partial charge in [0.15, 0.2) is 0 Å². The molecule has 2 nitrogen and oxygen atoms in total. The Morgan fingerprint density at radius 2 is 1.89 bits per heavy atom. The number of benzene rings is 1. The summed E-state index contributed by atoms with van der Waals surface area (Å²) in [6.07, 6.45) is 2.25. The van der Waals surface area contributed by atoms with Crippen molar-refractivity contribution in [3.63, 3.8) is 0 Å². The van der Waals surface area contributed by atoms with Gasteiger partial charge in [-0.05, 0) is 30.7 Å². The second-order valence-corrected chi connectivity index (χ2v) is 4.45. The molecule has 2 aromatic rings. The zero-order chi connectivity index (χ0) is 12.8. The van der Waals surface area contributed by atoms with Gasteiger partial charge in [0, 0.05) is 5.56 Å². The monoisotopic (exact) mass is 243 g/mol. The summed E-state index contributed by atoms with van der Waals surface area (Å²) in [5, 5.41) is 3.28. The van der Waals surface area contributed by atoms with Crippen LogP contribution in [0.2, 0.25) is 0 Å². The minimum atomic E-state index is 0.798. The largest absolute Gasteiger partial charge is 0.460 e. The summed E-state index contributed by atoms with van der Waals surface area (Å²) in [5.74, 6) is 1.98. The number of rotatable bonds is 6. The van der Waals surface area contributed by atoms with Crippen LogP contribution in [0.3, 0.4) is 0 Å². The maximum absolute atomic E-state index is 5.90. The number of nitrogens with one attached hydrogen (secondary N) is 1. The predicted octanol–water partition coefficient (Wildman–Crippen LogP) is 4.01. The lowest BCUT2D eigenvalue weighted by Gasteiger charge is -2.05. The Kier molecular flexibility index (Phi) is 4.59. The van der Waals surface area contributed by atoms with Gasteiger partial charge in [-0.1, -0.05) is 44.5 Å². The molecule has 0 spiro atoms. The Balaban J connectivity index is 2.22. The number of aryl methyl sites for hydroxylation is 1. The smallest absolute Gasteiger partial charge is 0.134 e. The van der Waals surface area contributed by atoms with E-state index in [1.165, 1.54) is 11.1 Å². The second kappa shape index (κ2) is 6.41. The van der Waals surface area contributed by atoms with Gasteiger partial charge in [0.1, 0.15) is 11.5 Å². The molecule has 0 bridgehead atoms. The van der Waals surface area contributed by atoms with Crippen molar-refractivity contribution in [3.8, 4) is 11.3 Å². The fourth-order valence-corrected chi connectivity index (χ4v) is 2.11. The molecule has 1 heterocycles. The molecule has 0 radical (unpaired) electrons. The van der Waals surface area contributed by atoms with Crippen molar-refractivity contribution in [2.45, 2.75) is 33.2 Å². The average Bonchev–Trinajstić information content (AvgIpc) is 2.86. The molecule has 2 rings (SSSR count). The van der Waals surface area contributed by atoms with Gasteiger partial charge in [-0.3, -0.25) is 0 Å². The number of furan rings is 1. The molecular weight excluding hydrogens is 222 g/mol. The molecule has 0 aliphatic rings. The van der Waals surface area contributed by atoms with Gasteiger partial charge < -0.3 is 9.73 Å². The van der Waals surface area contributed by atoms with E-state index in [9.17, 15) is 0 Å². The maximum atomic E-state index is 5.90. The van der Waals surface area contributed by atoms with Crippen LogP contribution in [-0.2, 0) is 13.0 Å². The summed E-state index contributed by atoms with van der Waals surface area (Å²) in [6, 6.07) is 12.6. The Hall–Kier alpha value is -1.54. The molecule has 96 valence electrons. The van der Waals surface area contributed by atoms with Crippen LogP contribution in [0.25, 0.3) is 11.3 Å². The molecule has 0 fully saturated rings. The quantitative estimate of drug-likeness (QED) is 0.829. The Morgan fingerprint density at radius 3 is 2.67 bits per heavy atom. The molecule has 1 aromatic carbocycles. The molecule has 0 saturated heterocycles. The van der Waals surface area contributed by atoms with E-state index in [0.29, 0.717) is 0 Å². The van der Waals surface area contributed by atoms with Crippen LogP contribution < -0.4 is 5.32 Å². The molecule has 2 heteroatoms. The number of hydrogen-bond donors (Lipinski definition) is 1. The highest BCUT2D eigenvalue weighted by Crippen LogP contribution is 2.26. The van der Waals surface area contributed by atoms with E-state index in [2.05, 4.69) is 55.6 Å². The molecular formula is C16H21NO. The van der Waals surface area contributed by atoms with Gasteiger partial charge >= 0.3 is 0 Å². The molecule has 0 amide bonds. The maximum Gasteiger partial charge on any atom is 0.134 e.